The van der Waals surface area contributed by atoms with E-state index in [0.717, 1.165) is 19.5 Å². The molecule has 0 aromatic rings. The minimum atomic E-state index is -0.812. The third-order valence-electron chi connectivity index (χ3n) is 2.03. The van der Waals surface area contributed by atoms with E-state index in [-0.39, 0.29) is 11.6 Å². The molecule has 0 radical (unpaired) electrons. The quantitative estimate of drug-likeness (QED) is 0.604. The van der Waals surface area contributed by atoms with Crippen LogP contribution < -0.4 is 5.73 Å². The van der Waals surface area contributed by atoms with Gasteiger partial charge >= 0.3 is 0 Å². The summed E-state index contributed by atoms with van der Waals surface area (Å²) in [6.45, 7) is 7.31. The molecule has 4 heteroatoms. The lowest BCUT2D eigenvalue weighted by atomic mass is 10.2. The maximum atomic E-state index is 9.65. The van der Waals surface area contributed by atoms with Crippen LogP contribution in [-0.4, -0.2) is 41.2 Å². The number of ether oxygens (including phenoxy) is 1. The molecule has 0 saturated carbocycles. The highest BCUT2D eigenvalue weighted by Crippen LogP contribution is 2.16. The lowest BCUT2D eigenvalue weighted by Gasteiger charge is -2.29. The van der Waals surface area contributed by atoms with Gasteiger partial charge in [-0.05, 0) is 27.2 Å². The molecule has 4 nitrogen and oxygen atoms in total. The van der Waals surface area contributed by atoms with E-state index in [0.29, 0.717) is 0 Å². The fraction of sp³-hybridized carbons (Fsp3) is 1.00. The van der Waals surface area contributed by atoms with Crippen LogP contribution in [0.1, 0.15) is 27.2 Å². The van der Waals surface area contributed by atoms with Gasteiger partial charge in [0.05, 0.1) is 5.60 Å². The SMILES string of the molecule is CC(C)(C)OC(O)N1CC[C@@H](N)C1. The summed E-state index contributed by atoms with van der Waals surface area (Å²) < 4.78 is 5.40. The van der Waals surface area contributed by atoms with Crippen molar-refractivity contribution in [3.05, 3.63) is 0 Å². The fourth-order valence-electron chi connectivity index (χ4n) is 1.41. The van der Waals surface area contributed by atoms with Crippen LogP contribution >= 0.6 is 0 Å². The van der Waals surface area contributed by atoms with E-state index in [9.17, 15) is 5.11 Å². The van der Waals surface area contributed by atoms with Gasteiger partial charge in [-0.1, -0.05) is 0 Å². The fourth-order valence-corrected chi connectivity index (χ4v) is 1.41. The van der Waals surface area contributed by atoms with Crippen molar-refractivity contribution in [2.24, 2.45) is 5.73 Å². The van der Waals surface area contributed by atoms with Gasteiger partial charge in [-0.2, -0.15) is 0 Å². The number of nitrogens with two attached hydrogens (primary N) is 1. The minimum absolute atomic E-state index is 0.179. The molecule has 0 aromatic heterocycles. The van der Waals surface area contributed by atoms with Crippen molar-refractivity contribution >= 4 is 0 Å². The van der Waals surface area contributed by atoms with Crippen LogP contribution in [0, 0.1) is 0 Å². The van der Waals surface area contributed by atoms with Gasteiger partial charge in [-0.25, -0.2) is 0 Å². The Labute approximate surface area is 79.7 Å². The summed E-state index contributed by atoms with van der Waals surface area (Å²) in [5.41, 5.74) is 5.40. The Kier molecular flexibility index (Phi) is 3.29. The number of likely N-dealkylation sites (tertiary alicyclic amines) is 1. The maximum absolute atomic E-state index is 9.65. The van der Waals surface area contributed by atoms with E-state index in [1.54, 1.807) is 0 Å². The summed E-state index contributed by atoms with van der Waals surface area (Å²) >= 11 is 0. The number of hydrogen-bond donors (Lipinski definition) is 2. The van der Waals surface area contributed by atoms with E-state index in [4.69, 9.17) is 10.5 Å². The van der Waals surface area contributed by atoms with Crippen LogP contribution in [0.25, 0.3) is 0 Å². The highest BCUT2D eigenvalue weighted by atomic mass is 16.6. The molecule has 1 saturated heterocycles. The molecule has 1 aliphatic heterocycles. The Hall–Kier alpha value is -0.160. The van der Waals surface area contributed by atoms with Crippen molar-refractivity contribution in [2.75, 3.05) is 13.1 Å². The second kappa shape index (κ2) is 3.92. The molecular formula is C9H20N2O2. The number of hydrogen-bond acceptors (Lipinski definition) is 4. The topological polar surface area (TPSA) is 58.7 Å². The van der Waals surface area contributed by atoms with Crippen molar-refractivity contribution in [2.45, 2.75) is 45.2 Å². The Morgan fingerprint density at radius 3 is 2.54 bits per heavy atom. The summed E-state index contributed by atoms with van der Waals surface area (Å²) in [5.74, 6) is 0. The van der Waals surface area contributed by atoms with Crippen LogP contribution in [0.4, 0.5) is 0 Å². The zero-order valence-electron chi connectivity index (χ0n) is 8.66. The second-order valence-corrected chi connectivity index (χ2v) is 4.60. The van der Waals surface area contributed by atoms with Crippen molar-refractivity contribution in [1.29, 1.82) is 0 Å². The average molecular weight is 188 g/mol. The predicted octanol–water partition coefficient (Wildman–Crippen LogP) is 0.110. The number of nitrogens with zero attached hydrogens (tertiary/aromatic N) is 1. The van der Waals surface area contributed by atoms with Crippen molar-refractivity contribution in [3.63, 3.8) is 0 Å². The molecule has 1 unspecified atom stereocenters. The first-order chi connectivity index (χ1) is 5.88. The summed E-state index contributed by atoms with van der Waals surface area (Å²) in [6, 6.07) is 0.179. The Balaban J connectivity index is 2.36. The molecule has 1 heterocycles. The van der Waals surface area contributed by atoms with Gasteiger partial charge in [0.25, 0.3) is 0 Å². The standard InChI is InChI=1S/C9H20N2O2/c1-9(2,3)13-8(12)11-5-4-7(10)6-11/h7-8,12H,4-6,10H2,1-3H3/t7-,8?/m1/s1. The Morgan fingerprint density at radius 1 is 1.54 bits per heavy atom. The van der Waals surface area contributed by atoms with Crippen LogP contribution in [0.15, 0.2) is 0 Å². The Bertz CT molecular complexity index is 167. The van der Waals surface area contributed by atoms with Gasteiger partial charge in [0.15, 0.2) is 0 Å². The minimum Gasteiger partial charge on any atom is -0.356 e. The van der Waals surface area contributed by atoms with E-state index in [2.05, 4.69) is 0 Å². The van der Waals surface area contributed by atoms with Gasteiger partial charge in [0.2, 0.25) is 6.41 Å². The zero-order chi connectivity index (χ0) is 10.1. The largest absolute Gasteiger partial charge is 0.356 e. The van der Waals surface area contributed by atoms with Crippen LogP contribution in [0.5, 0.6) is 0 Å². The maximum Gasteiger partial charge on any atom is 0.216 e. The van der Waals surface area contributed by atoms with E-state index in [1.807, 2.05) is 25.7 Å². The molecule has 1 aliphatic rings. The molecule has 3 N–H and O–H groups in total. The van der Waals surface area contributed by atoms with Gasteiger partial charge in [0, 0.05) is 19.1 Å². The third-order valence-corrected chi connectivity index (χ3v) is 2.03. The molecule has 78 valence electrons. The van der Waals surface area contributed by atoms with Crippen molar-refractivity contribution in [3.8, 4) is 0 Å². The number of aliphatic hydroxyl groups is 1. The lowest BCUT2D eigenvalue weighted by Crippen LogP contribution is -2.41. The molecule has 2 atom stereocenters. The third kappa shape index (κ3) is 3.60. The van der Waals surface area contributed by atoms with Gasteiger partial charge < -0.3 is 15.6 Å². The monoisotopic (exact) mass is 188 g/mol. The number of aliphatic hydroxyl groups excluding tert-OH is 1. The molecule has 0 aliphatic carbocycles. The summed E-state index contributed by atoms with van der Waals surface area (Å²) in [4.78, 5) is 1.86. The first kappa shape index (κ1) is 10.9. The van der Waals surface area contributed by atoms with Crippen LogP contribution in [-0.2, 0) is 4.74 Å². The van der Waals surface area contributed by atoms with E-state index >= 15 is 0 Å². The highest BCUT2D eigenvalue weighted by molar-refractivity contribution is 4.77. The van der Waals surface area contributed by atoms with Gasteiger partial charge in [-0.3, -0.25) is 4.90 Å². The molecule has 13 heavy (non-hydrogen) atoms. The average Bonchev–Trinajstić information content (AvgIpc) is 2.31. The zero-order valence-corrected chi connectivity index (χ0v) is 8.66. The molecule has 1 fully saturated rings. The summed E-state index contributed by atoms with van der Waals surface area (Å²) in [6.07, 6.45) is 0.124. The molecule has 1 rings (SSSR count). The first-order valence-electron chi connectivity index (χ1n) is 4.74. The highest BCUT2D eigenvalue weighted by Gasteiger charge is 2.28. The molecule has 0 bridgehead atoms. The molecule has 0 amide bonds. The van der Waals surface area contributed by atoms with Crippen LogP contribution in [0.2, 0.25) is 0 Å². The summed E-state index contributed by atoms with van der Waals surface area (Å²) in [7, 11) is 0. The van der Waals surface area contributed by atoms with Crippen molar-refractivity contribution < 1.29 is 9.84 Å². The smallest absolute Gasteiger partial charge is 0.216 e. The van der Waals surface area contributed by atoms with Gasteiger partial charge in [0.1, 0.15) is 0 Å². The molecule has 0 aromatic carbocycles. The molecule has 0 spiro atoms. The number of rotatable bonds is 2. The van der Waals surface area contributed by atoms with Crippen molar-refractivity contribution in [1.82, 2.24) is 4.90 Å². The Morgan fingerprint density at radius 2 is 2.15 bits per heavy atom. The normalized spacial score (nSPS) is 27.9. The van der Waals surface area contributed by atoms with Crippen LogP contribution in [0.3, 0.4) is 0 Å². The molecular weight excluding hydrogens is 168 g/mol. The lowest BCUT2D eigenvalue weighted by molar-refractivity contribution is -0.233. The second-order valence-electron chi connectivity index (χ2n) is 4.60. The van der Waals surface area contributed by atoms with E-state index in [1.165, 1.54) is 0 Å². The van der Waals surface area contributed by atoms with E-state index < -0.39 is 6.41 Å². The summed E-state index contributed by atoms with van der Waals surface area (Å²) in [5, 5.41) is 9.65. The predicted molar refractivity (Wildman–Crippen MR) is 51.0 cm³/mol. The van der Waals surface area contributed by atoms with Gasteiger partial charge in [-0.15, -0.1) is 0 Å². The first-order valence-corrected chi connectivity index (χ1v) is 4.74.